The Morgan fingerprint density at radius 2 is 2.19 bits per heavy atom. The van der Waals surface area contributed by atoms with E-state index in [1.165, 1.54) is 0 Å². The summed E-state index contributed by atoms with van der Waals surface area (Å²) in [5.41, 5.74) is 9.18. The van der Waals surface area contributed by atoms with Crippen LogP contribution in [0.5, 0.6) is 0 Å². The van der Waals surface area contributed by atoms with E-state index in [0.717, 1.165) is 22.3 Å². The third kappa shape index (κ3) is 1.25. The van der Waals surface area contributed by atoms with Crippen LogP contribution in [0.1, 0.15) is 0 Å². The number of rotatable bonds is 1. The van der Waals surface area contributed by atoms with Gasteiger partial charge in [-0.1, -0.05) is 11.2 Å². The summed E-state index contributed by atoms with van der Waals surface area (Å²) in [5, 5.41) is 3.87. The maximum absolute atomic E-state index is 5.48. The zero-order valence-corrected chi connectivity index (χ0v) is 8.71. The van der Waals surface area contributed by atoms with Crippen LogP contribution in [0.15, 0.2) is 35.1 Å². The molecule has 0 unspecified atom stereocenters. The molecule has 0 saturated carbocycles. The fourth-order valence-corrected chi connectivity index (χ4v) is 1.72. The smallest absolute Gasteiger partial charge is 0.222 e. The first-order valence-electron chi connectivity index (χ1n) is 4.88. The molecule has 0 aliphatic heterocycles. The van der Waals surface area contributed by atoms with Crippen LogP contribution in [0.2, 0.25) is 0 Å². The minimum Gasteiger partial charge on any atom is -0.368 e. The number of aromatic nitrogens is 3. The Labute approximate surface area is 91.5 Å². The fourth-order valence-electron chi connectivity index (χ4n) is 1.72. The minimum absolute atomic E-state index is 0.316. The van der Waals surface area contributed by atoms with Crippen LogP contribution in [0, 0.1) is 0 Å². The van der Waals surface area contributed by atoms with Crippen molar-refractivity contribution in [1.82, 2.24) is 14.7 Å². The molecule has 0 aliphatic rings. The largest absolute Gasteiger partial charge is 0.368 e. The molecule has 0 bridgehead atoms. The number of aryl methyl sites for hydroxylation is 1. The molecule has 1 aromatic carbocycles. The number of nitrogen functional groups attached to an aromatic ring is 1. The standard InChI is InChI=1S/C11H10N4O/c1-15-6-13-9-4-7(2-3-10(9)15)8-5-11(12)16-14-8/h2-6H,12H2,1H3. The summed E-state index contributed by atoms with van der Waals surface area (Å²) in [5.74, 6) is 0.316. The second-order valence-corrected chi connectivity index (χ2v) is 3.67. The molecule has 0 radical (unpaired) electrons. The van der Waals surface area contributed by atoms with Gasteiger partial charge >= 0.3 is 0 Å². The Balaban J connectivity index is 2.18. The number of benzene rings is 1. The molecule has 3 rings (SSSR count). The Hall–Kier alpha value is -2.30. The highest BCUT2D eigenvalue weighted by Crippen LogP contribution is 2.23. The van der Waals surface area contributed by atoms with Gasteiger partial charge in [0.25, 0.3) is 0 Å². The van der Waals surface area contributed by atoms with Crippen molar-refractivity contribution >= 4 is 16.9 Å². The first-order chi connectivity index (χ1) is 7.74. The van der Waals surface area contributed by atoms with Crippen molar-refractivity contribution in [3.63, 3.8) is 0 Å². The topological polar surface area (TPSA) is 69.9 Å². The quantitative estimate of drug-likeness (QED) is 0.670. The summed E-state index contributed by atoms with van der Waals surface area (Å²) in [6.45, 7) is 0. The van der Waals surface area contributed by atoms with Crippen molar-refractivity contribution in [2.24, 2.45) is 7.05 Å². The van der Waals surface area contributed by atoms with Crippen LogP contribution in [-0.4, -0.2) is 14.7 Å². The number of imidazole rings is 1. The summed E-state index contributed by atoms with van der Waals surface area (Å²) in [6, 6.07) is 7.64. The molecule has 0 aliphatic carbocycles. The lowest BCUT2D eigenvalue weighted by molar-refractivity contribution is 0.439. The molecular weight excluding hydrogens is 204 g/mol. The lowest BCUT2D eigenvalue weighted by atomic mass is 10.1. The van der Waals surface area contributed by atoms with Crippen molar-refractivity contribution < 1.29 is 4.52 Å². The van der Waals surface area contributed by atoms with E-state index in [2.05, 4.69) is 10.1 Å². The average molecular weight is 214 g/mol. The number of fused-ring (bicyclic) bond motifs is 1. The predicted molar refractivity (Wildman–Crippen MR) is 60.6 cm³/mol. The van der Waals surface area contributed by atoms with Gasteiger partial charge in [-0.3, -0.25) is 0 Å². The second-order valence-electron chi connectivity index (χ2n) is 3.67. The molecule has 5 heteroatoms. The van der Waals surface area contributed by atoms with E-state index in [1.54, 1.807) is 12.4 Å². The normalized spacial score (nSPS) is 11.1. The van der Waals surface area contributed by atoms with Gasteiger partial charge in [-0.2, -0.15) is 0 Å². The van der Waals surface area contributed by atoms with Gasteiger partial charge in [0.1, 0.15) is 5.69 Å². The molecule has 5 nitrogen and oxygen atoms in total. The Kier molecular flexibility index (Phi) is 1.73. The van der Waals surface area contributed by atoms with Crippen molar-refractivity contribution in [2.45, 2.75) is 0 Å². The molecule has 3 aromatic rings. The number of anilines is 1. The summed E-state index contributed by atoms with van der Waals surface area (Å²) < 4.78 is 6.81. The van der Waals surface area contributed by atoms with E-state index >= 15 is 0 Å². The zero-order valence-electron chi connectivity index (χ0n) is 8.71. The van der Waals surface area contributed by atoms with Gasteiger partial charge in [-0.05, 0) is 12.1 Å². The van der Waals surface area contributed by atoms with E-state index in [0.29, 0.717) is 5.88 Å². The maximum atomic E-state index is 5.48. The minimum atomic E-state index is 0.316. The molecular formula is C11H10N4O. The molecule has 16 heavy (non-hydrogen) atoms. The molecule has 80 valence electrons. The van der Waals surface area contributed by atoms with Crippen LogP contribution in [0.4, 0.5) is 5.88 Å². The lowest BCUT2D eigenvalue weighted by Gasteiger charge is -1.96. The van der Waals surface area contributed by atoms with Crippen LogP contribution in [-0.2, 0) is 7.05 Å². The van der Waals surface area contributed by atoms with Gasteiger partial charge in [0.2, 0.25) is 5.88 Å². The van der Waals surface area contributed by atoms with Crippen molar-refractivity contribution in [2.75, 3.05) is 5.73 Å². The predicted octanol–water partition coefficient (Wildman–Crippen LogP) is 1.81. The van der Waals surface area contributed by atoms with Crippen LogP contribution in [0.3, 0.4) is 0 Å². The molecule has 0 atom stereocenters. The van der Waals surface area contributed by atoms with Gasteiger partial charge in [-0.25, -0.2) is 4.98 Å². The van der Waals surface area contributed by atoms with Gasteiger partial charge in [0.05, 0.1) is 17.4 Å². The van der Waals surface area contributed by atoms with Gasteiger partial charge in [0, 0.05) is 18.7 Å². The zero-order chi connectivity index (χ0) is 11.1. The van der Waals surface area contributed by atoms with E-state index in [9.17, 15) is 0 Å². The lowest BCUT2D eigenvalue weighted by Crippen LogP contribution is -1.83. The number of hydrogen-bond donors (Lipinski definition) is 1. The van der Waals surface area contributed by atoms with Gasteiger partial charge in [-0.15, -0.1) is 0 Å². The monoisotopic (exact) mass is 214 g/mol. The number of nitrogens with zero attached hydrogens (tertiary/aromatic N) is 3. The maximum Gasteiger partial charge on any atom is 0.222 e. The highest BCUT2D eigenvalue weighted by Gasteiger charge is 2.06. The third-order valence-corrected chi connectivity index (χ3v) is 2.55. The third-order valence-electron chi connectivity index (χ3n) is 2.55. The second kappa shape index (κ2) is 3.10. The van der Waals surface area contributed by atoms with Crippen LogP contribution < -0.4 is 5.73 Å². The first kappa shape index (κ1) is 8.96. The van der Waals surface area contributed by atoms with Crippen molar-refractivity contribution in [1.29, 1.82) is 0 Å². The molecule has 0 saturated heterocycles. The Morgan fingerprint density at radius 1 is 1.31 bits per heavy atom. The van der Waals surface area contributed by atoms with E-state index in [4.69, 9.17) is 10.3 Å². The van der Waals surface area contributed by atoms with Crippen molar-refractivity contribution in [3.05, 3.63) is 30.6 Å². The fraction of sp³-hybridized carbons (Fsp3) is 0.0909. The molecule has 0 fully saturated rings. The number of hydrogen-bond acceptors (Lipinski definition) is 4. The highest BCUT2D eigenvalue weighted by atomic mass is 16.5. The van der Waals surface area contributed by atoms with Gasteiger partial charge in [0.15, 0.2) is 0 Å². The molecule has 0 spiro atoms. The molecule has 2 N–H and O–H groups in total. The van der Waals surface area contributed by atoms with E-state index in [1.807, 2.05) is 29.8 Å². The van der Waals surface area contributed by atoms with E-state index in [-0.39, 0.29) is 0 Å². The van der Waals surface area contributed by atoms with Gasteiger partial charge < -0.3 is 14.8 Å². The average Bonchev–Trinajstić information content (AvgIpc) is 2.86. The summed E-state index contributed by atoms with van der Waals surface area (Å²) in [7, 11) is 1.96. The Morgan fingerprint density at radius 3 is 2.94 bits per heavy atom. The summed E-state index contributed by atoms with van der Waals surface area (Å²) in [4.78, 5) is 4.28. The van der Waals surface area contributed by atoms with Crippen LogP contribution in [0.25, 0.3) is 22.3 Å². The summed E-state index contributed by atoms with van der Waals surface area (Å²) >= 11 is 0. The first-order valence-corrected chi connectivity index (χ1v) is 4.88. The molecule has 2 heterocycles. The highest BCUT2D eigenvalue weighted by molar-refractivity contribution is 5.81. The molecule has 0 amide bonds. The van der Waals surface area contributed by atoms with Crippen molar-refractivity contribution in [3.8, 4) is 11.3 Å². The van der Waals surface area contributed by atoms with E-state index < -0.39 is 0 Å². The molecule has 2 aromatic heterocycles. The van der Waals surface area contributed by atoms with Crippen LogP contribution >= 0.6 is 0 Å². The SMILES string of the molecule is Cn1cnc2cc(-c3cc(N)on3)ccc21. The Bertz CT molecular complexity index is 653. The number of nitrogens with two attached hydrogens (primary N) is 1. The summed E-state index contributed by atoms with van der Waals surface area (Å²) in [6.07, 6.45) is 1.78.